The molecule has 2 aliphatic rings. The lowest BCUT2D eigenvalue weighted by atomic mass is 9.92. The van der Waals surface area contributed by atoms with Crippen molar-refractivity contribution >= 4 is 6.09 Å². The number of hydrogen-bond donors (Lipinski definition) is 0. The molecular weight excluding hydrogens is 278 g/mol. The van der Waals surface area contributed by atoms with Gasteiger partial charge in [-0.25, -0.2) is 4.79 Å². The van der Waals surface area contributed by atoms with Gasteiger partial charge in [-0.1, -0.05) is 0 Å². The third kappa shape index (κ3) is 3.24. The number of likely N-dealkylation sites (tertiary alicyclic amines) is 1. The van der Waals surface area contributed by atoms with E-state index in [2.05, 4.69) is 35.9 Å². The maximum absolute atomic E-state index is 12.1. The first kappa shape index (κ1) is 15.3. The summed E-state index contributed by atoms with van der Waals surface area (Å²) >= 11 is 0. The van der Waals surface area contributed by atoms with Gasteiger partial charge in [0.25, 0.3) is 0 Å². The molecule has 0 unspecified atom stereocenters. The molecule has 22 heavy (non-hydrogen) atoms. The third-order valence-electron chi connectivity index (χ3n) is 4.80. The van der Waals surface area contributed by atoms with Gasteiger partial charge in [0.15, 0.2) is 0 Å². The average Bonchev–Trinajstić information content (AvgIpc) is 2.70. The number of pyridine rings is 1. The smallest absolute Gasteiger partial charge is 0.410 e. The van der Waals surface area contributed by atoms with Crippen molar-refractivity contribution in [3.8, 4) is 0 Å². The maximum atomic E-state index is 12.1. The monoisotopic (exact) mass is 303 g/mol. The van der Waals surface area contributed by atoms with Gasteiger partial charge in [-0.05, 0) is 50.9 Å². The van der Waals surface area contributed by atoms with Crippen LogP contribution in [0.15, 0.2) is 24.5 Å². The molecule has 5 nitrogen and oxygen atoms in total. The van der Waals surface area contributed by atoms with E-state index in [1.54, 1.807) is 0 Å². The van der Waals surface area contributed by atoms with Gasteiger partial charge in [-0.15, -0.1) is 0 Å². The van der Waals surface area contributed by atoms with Crippen LogP contribution < -0.4 is 0 Å². The number of carbonyl (C=O) groups is 1. The lowest BCUT2D eigenvalue weighted by molar-refractivity contribution is -0.00598. The highest BCUT2D eigenvalue weighted by atomic mass is 16.6. The zero-order valence-electron chi connectivity index (χ0n) is 13.4. The van der Waals surface area contributed by atoms with Crippen molar-refractivity contribution in [1.29, 1.82) is 0 Å². The number of nitrogens with zero attached hydrogens (tertiary/aromatic N) is 3. The molecule has 0 radical (unpaired) electrons. The lowest BCUT2D eigenvalue weighted by Crippen LogP contribution is -2.54. The number of amides is 1. The molecule has 0 N–H and O–H groups in total. The van der Waals surface area contributed by atoms with Crippen LogP contribution in [0.2, 0.25) is 0 Å². The molecule has 1 aromatic heterocycles. The molecule has 0 saturated carbocycles. The van der Waals surface area contributed by atoms with Crippen LogP contribution in [0.25, 0.3) is 0 Å². The van der Waals surface area contributed by atoms with Gasteiger partial charge >= 0.3 is 6.09 Å². The van der Waals surface area contributed by atoms with Crippen LogP contribution in [0.3, 0.4) is 0 Å². The minimum Gasteiger partial charge on any atom is -0.449 e. The normalized spacial score (nSPS) is 26.5. The van der Waals surface area contributed by atoms with Crippen LogP contribution in [-0.4, -0.2) is 52.7 Å². The van der Waals surface area contributed by atoms with Gasteiger partial charge in [0.2, 0.25) is 0 Å². The van der Waals surface area contributed by atoms with Crippen molar-refractivity contribution in [1.82, 2.24) is 14.8 Å². The summed E-state index contributed by atoms with van der Waals surface area (Å²) in [7, 11) is 0. The second kappa shape index (κ2) is 6.65. The molecule has 1 aromatic rings. The van der Waals surface area contributed by atoms with Crippen molar-refractivity contribution in [3.63, 3.8) is 0 Å². The molecule has 0 aromatic carbocycles. The van der Waals surface area contributed by atoms with Crippen molar-refractivity contribution in [3.05, 3.63) is 30.1 Å². The summed E-state index contributed by atoms with van der Waals surface area (Å²) in [5.41, 5.74) is 1.30. The molecule has 0 spiro atoms. The minimum atomic E-state index is -0.140. The first-order valence-corrected chi connectivity index (χ1v) is 8.21. The Balaban J connectivity index is 1.67. The largest absolute Gasteiger partial charge is 0.449 e. The number of aromatic nitrogens is 1. The van der Waals surface area contributed by atoms with E-state index in [-0.39, 0.29) is 12.1 Å². The van der Waals surface area contributed by atoms with Crippen LogP contribution in [0, 0.1) is 5.92 Å². The molecule has 0 aliphatic carbocycles. The Morgan fingerprint density at radius 3 is 2.73 bits per heavy atom. The molecule has 2 aliphatic heterocycles. The van der Waals surface area contributed by atoms with E-state index >= 15 is 0 Å². The minimum absolute atomic E-state index is 0.140. The summed E-state index contributed by atoms with van der Waals surface area (Å²) in [4.78, 5) is 20.6. The fourth-order valence-corrected chi connectivity index (χ4v) is 3.65. The van der Waals surface area contributed by atoms with Crippen LogP contribution in [0.1, 0.15) is 32.3 Å². The molecule has 0 bridgehead atoms. The Bertz CT molecular complexity index is 506. The highest BCUT2D eigenvalue weighted by Crippen LogP contribution is 2.30. The number of carbonyl (C=O) groups excluding carboxylic acids is 1. The van der Waals surface area contributed by atoms with Gasteiger partial charge in [-0.3, -0.25) is 9.88 Å². The summed E-state index contributed by atoms with van der Waals surface area (Å²) in [6.07, 6.45) is 5.67. The number of fused-ring (bicyclic) bond motifs is 1. The van der Waals surface area contributed by atoms with E-state index in [1.165, 1.54) is 5.56 Å². The molecule has 5 heteroatoms. The predicted molar refractivity (Wildman–Crippen MR) is 84.3 cm³/mol. The van der Waals surface area contributed by atoms with E-state index in [0.29, 0.717) is 18.6 Å². The van der Waals surface area contributed by atoms with Gasteiger partial charge in [0.1, 0.15) is 0 Å². The topological polar surface area (TPSA) is 45.7 Å². The van der Waals surface area contributed by atoms with Crippen LogP contribution in [0.5, 0.6) is 0 Å². The van der Waals surface area contributed by atoms with Crippen LogP contribution in [-0.2, 0) is 11.3 Å². The molecule has 120 valence electrons. The zero-order chi connectivity index (χ0) is 15.5. The third-order valence-corrected chi connectivity index (χ3v) is 4.80. The molecule has 2 fully saturated rings. The summed E-state index contributed by atoms with van der Waals surface area (Å²) in [6.45, 7) is 7.77. The average molecular weight is 303 g/mol. The van der Waals surface area contributed by atoms with Gasteiger partial charge in [0, 0.05) is 43.5 Å². The Kier molecular flexibility index (Phi) is 4.62. The Labute approximate surface area is 132 Å². The molecule has 3 heterocycles. The summed E-state index contributed by atoms with van der Waals surface area (Å²) < 4.78 is 5.39. The zero-order valence-corrected chi connectivity index (χ0v) is 13.4. The lowest BCUT2D eigenvalue weighted by Gasteiger charge is -2.41. The SMILES string of the molecule is CC(C)N1C(=O)OC[C@H]2CCN(Cc3ccncc3)CC[C@@H]21. The quantitative estimate of drug-likeness (QED) is 0.861. The first-order valence-electron chi connectivity index (χ1n) is 8.21. The molecule has 3 rings (SSSR count). The van der Waals surface area contributed by atoms with Crippen molar-refractivity contribution < 1.29 is 9.53 Å². The summed E-state index contributed by atoms with van der Waals surface area (Å²) in [6, 6.07) is 4.67. The second-order valence-electron chi connectivity index (χ2n) is 6.61. The predicted octanol–water partition coefficient (Wildman–Crippen LogP) is 2.52. The maximum Gasteiger partial charge on any atom is 0.410 e. The van der Waals surface area contributed by atoms with E-state index < -0.39 is 0 Å². The van der Waals surface area contributed by atoms with E-state index in [1.807, 2.05) is 17.3 Å². The summed E-state index contributed by atoms with van der Waals surface area (Å²) in [5, 5.41) is 0. The molecular formula is C17H25N3O2. The fourth-order valence-electron chi connectivity index (χ4n) is 3.65. The van der Waals surface area contributed by atoms with Crippen molar-refractivity contribution in [2.45, 2.75) is 45.3 Å². The van der Waals surface area contributed by atoms with E-state index in [0.717, 1.165) is 32.5 Å². The van der Waals surface area contributed by atoms with E-state index in [4.69, 9.17) is 4.74 Å². The van der Waals surface area contributed by atoms with Gasteiger partial charge < -0.3 is 9.64 Å². The molecule has 2 saturated heterocycles. The Morgan fingerprint density at radius 1 is 1.27 bits per heavy atom. The molecule has 1 amide bonds. The number of hydrogen-bond acceptors (Lipinski definition) is 4. The summed E-state index contributed by atoms with van der Waals surface area (Å²) in [5.74, 6) is 0.461. The molecule has 2 atom stereocenters. The second-order valence-corrected chi connectivity index (χ2v) is 6.61. The first-order chi connectivity index (χ1) is 10.6. The van der Waals surface area contributed by atoms with Crippen molar-refractivity contribution in [2.75, 3.05) is 19.7 Å². The van der Waals surface area contributed by atoms with Crippen molar-refractivity contribution in [2.24, 2.45) is 5.92 Å². The highest BCUT2D eigenvalue weighted by Gasteiger charge is 2.39. The number of cyclic esters (lactones) is 1. The standard InChI is InChI=1S/C17H25N3O2/c1-13(2)20-16-6-10-19(11-14-3-7-18-8-4-14)9-5-15(16)12-22-17(20)21/h3-4,7-8,13,15-16H,5-6,9-12H2,1-2H3/t15-,16+/m1/s1. The number of rotatable bonds is 3. The van der Waals surface area contributed by atoms with Gasteiger partial charge in [0.05, 0.1) is 6.61 Å². The van der Waals surface area contributed by atoms with Crippen LogP contribution in [0.4, 0.5) is 4.79 Å². The Morgan fingerprint density at radius 2 is 2.00 bits per heavy atom. The highest BCUT2D eigenvalue weighted by molar-refractivity contribution is 5.69. The Hall–Kier alpha value is -1.62. The number of ether oxygens (including phenoxy) is 1. The van der Waals surface area contributed by atoms with Gasteiger partial charge in [-0.2, -0.15) is 0 Å². The van der Waals surface area contributed by atoms with E-state index in [9.17, 15) is 4.79 Å². The fraction of sp³-hybridized carbons (Fsp3) is 0.647. The van der Waals surface area contributed by atoms with Crippen LogP contribution >= 0.6 is 0 Å².